The summed E-state index contributed by atoms with van der Waals surface area (Å²) in [6, 6.07) is 30.6. The second-order valence-electron chi connectivity index (χ2n) is 8.27. The Morgan fingerprint density at radius 1 is 0.649 bits per heavy atom. The Bertz CT molecular complexity index is 1310. The van der Waals surface area contributed by atoms with Crippen LogP contribution in [0.25, 0.3) is 0 Å². The van der Waals surface area contributed by atoms with Gasteiger partial charge in [0, 0.05) is 5.56 Å². The summed E-state index contributed by atoms with van der Waals surface area (Å²) in [4.78, 5) is 25.7. The Labute approximate surface area is 212 Å². The summed E-state index contributed by atoms with van der Waals surface area (Å²) in [7, 11) is 0. The van der Waals surface area contributed by atoms with Gasteiger partial charge in [-0.15, -0.1) is 0 Å². The Hall–Kier alpha value is -4.23. The molecule has 0 aliphatic heterocycles. The first-order chi connectivity index (χ1) is 17.8. The van der Waals surface area contributed by atoms with Gasteiger partial charge in [-0.05, 0) is 28.8 Å². The number of alkyl halides is 3. The molecule has 0 unspecified atom stereocenters. The number of ether oxygens (including phenoxy) is 2. The molecule has 0 aliphatic carbocycles. The van der Waals surface area contributed by atoms with Crippen LogP contribution in [-0.4, -0.2) is 11.8 Å². The van der Waals surface area contributed by atoms with Crippen molar-refractivity contribution in [3.05, 3.63) is 143 Å². The van der Waals surface area contributed by atoms with Crippen LogP contribution in [0.1, 0.15) is 44.8 Å². The molecular weight excluding hydrogens is 481 g/mol. The zero-order chi connectivity index (χ0) is 26.3. The molecule has 0 saturated heterocycles. The third-order valence-corrected chi connectivity index (χ3v) is 5.70. The molecule has 37 heavy (non-hydrogen) atoms. The number of Topliss-reactive ketones (excluding diaryl/α,β-unsaturated/α-hetero) is 1. The van der Waals surface area contributed by atoms with Crippen molar-refractivity contribution < 1.29 is 32.2 Å². The lowest BCUT2D eigenvalue weighted by atomic mass is 9.97. The van der Waals surface area contributed by atoms with Crippen molar-refractivity contribution in [2.75, 3.05) is 0 Å². The zero-order valence-electron chi connectivity index (χ0n) is 19.6. The molecule has 0 fully saturated rings. The molecule has 0 amide bonds. The van der Waals surface area contributed by atoms with Gasteiger partial charge >= 0.3 is 12.1 Å². The van der Waals surface area contributed by atoms with E-state index < -0.39 is 35.7 Å². The Balaban J connectivity index is 1.63. The molecule has 0 saturated carbocycles. The lowest BCUT2D eigenvalue weighted by Crippen LogP contribution is -2.25. The fraction of sp³-hybridized carbons (Fsp3) is 0.133. The monoisotopic (exact) mass is 504 g/mol. The molecule has 0 N–H and O–H groups in total. The van der Waals surface area contributed by atoms with E-state index in [0.717, 1.165) is 12.1 Å². The van der Waals surface area contributed by atoms with E-state index >= 15 is 0 Å². The van der Waals surface area contributed by atoms with E-state index in [1.165, 1.54) is 24.3 Å². The van der Waals surface area contributed by atoms with Gasteiger partial charge in [0.15, 0.2) is 6.10 Å². The number of esters is 1. The maximum atomic E-state index is 13.0. The lowest BCUT2D eigenvalue weighted by Gasteiger charge is -2.28. The number of carbonyl (C=O) groups excluding carboxylic acids is 2. The van der Waals surface area contributed by atoms with Crippen LogP contribution < -0.4 is 0 Å². The fourth-order valence-corrected chi connectivity index (χ4v) is 3.80. The van der Waals surface area contributed by atoms with Crippen molar-refractivity contribution >= 4 is 11.8 Å². The quantitative estimate of drug-likeness (QED) is 0.138. The SMILES string of the molecule is O=C(O[C@H](c1ccccc1)[C@H](OCc1ccc(C(F)(F)F)cc1)c1ccccc1)C(=O)c1ccccc1. The molecule has 0 bridgehead atoms. The van der Waals surface area contributed by atoms with Crippen molar-refractivity contribution in [2.45, 2.75) is 25.0 Å². The summed E-state index contributed by atoms with van der Waals surface area (Å²) in [5.74, 6) is -1.84. The molecule has 4 aromatic rings. The maximum absolute atomic E-state index is 13.0. The van der Waals surface area contributed by atoms with Crippen LogP contribution in [0.4, 0.5) is 13.2 Å². The van der Waals surface area contributed by atoms with Gasteiger partial charge in [-0.2, -0.15) is 13.2 Å². The summed E-state index contributed by atoms with van der Waals surface area (Å²) in [6.07, 6.45) is -6.29. The topological polar surface area (TPSA) is 52.6 Å². The highest BCUT2D eigenvalue weighted by Crippen LogP contribution is 2.37. The minimum Gasteiger partial charge on any atom is -0.448 e. The molecular formula is C30H23F3O4. The second-order valence-corrected chi connectivity index (χ2v) is 8.27. The van der Waals surface area contributed by atoms with E-state index in [1.807, 2.05) is 6.07 Å². The van der Waals surface area contributed by atoms with Gasteiger partial charge < -0.3 is 9.47 Å². The number of hydrogen-bond acceptors (Lipinski definition) is 4. The first kappa shape index (κ1) is 25.9. The molecule has 188 valence electrons. The minimum atomic E-state index is -4.44. The highest BCUT2D eigenvalue weighted by molar-refractivity contribution is 6.40. The van der Waals surface area contributed by atoms with Crippen LogP contribution in [0, 0.1) is 0 Å². The van der Waals surface area contributed by atoms with Gasteiger partial charge in [0.1, 0.15) is 6.10 Å². The smallest absolute Gasteiger partial charge is 0.416 e. The molecule has 4 nitrogen and oxygen atoms in total. The maximum Gasteiger partial charge on any atom is 0.416 e. The van der Waals surface area contributed by atoms with Crippen LogP contribution in [-0.2, 0) is 27.1 Å². The Kier molecular flexibility index (Phi) is 8.15. The number of hydrogen-bond donors (Lipinski definition) is 0. The van der Waals surface area contributed by atoms with Crippen molar-refractivity contribution in [2.24, 2.45) is 0 Å². The first-order valence-electron chi connectivity index (χ1n) is 11.5. The predicted octanol–water partition coefficient (Wildman–Crippen LogP) is 7.13. The molecule has 0 heterocycles. The average molecular weight is 505 g/mol. The summed E-state index contributed by atoms with van der Waals surface area (Å²) in [6.45, 7) is -0.0504. The van der Waals surface area contributed by atoms with E-state index in [1.54, 1.807) is 72.8 Å². The zero-order valence-corrected chi connectivity index (χ0v) is 19.6. The van der Waals surface area contributed by atoms with Crippen molar-refractivity contribution in [3.63, 3.8) is 0 Å². The molecule has 0 aliphatic rings. The molecule has 0 spiro atoms. The van der Waals surface area contributed by atoms with E-state index in [2.05, 4.69) is 0 Å². The standard InChI is InChI=1S/C30H23F3O4/c31-30(32,33)25-18-16-21(17-19-25)20-36-27(23-12-6-2-7-13-23)28(24-14-8-3-9-15-24)37-29(35)26(34)22-10-4-1-5-11-22/h1-19,27-28H,20H2/t27-,28-/m1/s1. The summed E-state index contributed by atoms with van der Waals surface area (Å²) in [5, 5.41) is 0. The average Bonchev–Trinajstić information content (AvgIpc) is 2.93. The van der Waals surface area contributed by atoms with Crippen LogP contribution in [0.2, 0.25) is 0 Å². The van der Waals surface area contributed by atoms with E-state index in [-0.39, 0.29) is 12.2 Å². The van der Waals surface area contributed by atoms with Gasteiger partial charge in [-0.25, -0.2) is 4.79 Å². The largest absolute Gasteiger partial charge is 0.448 e. The normalized spacial score (nSPS) is 12.9. The van der Waals surface area contributed by atoms with Gasteiger partial charge in [0.2, 0.25) is 0 Å². The lowest BCUT2D eigenvalue weighted by molar-refractivity contribution is -0.154. The van der Waals surface area contributed by atoms with Crippen LogP contribution in [0.5, 0.6) is 0 Å². The van der Waals surface area contributed by atoms with Crippen LogP contribution in [0.3, 0.4) is 0 Å². The van der Waals surface area contributed by atoms with Crippen LogP contribution >= 0.6 is 0 Å². The Morgan fingerprint density at radius 3 is 1.65 bits per heavy atom. The predicted molar refractivity (Wildman–Crippen MR) is 131 cm³/mol. The van der Waals surface area contributed by atoms with Gasteiger partial charge in [0.25, 0.3) is 5.78 Å². The van der Waals surface area contributed by atoms with E-state index in [4.69, 9.17) is 9.47 Å². The summed E-state index contributed by atoms with van der Waals surface area (Å²) in [5.41, 5.74) is 1.21. The van der Waals surface area contributed by atoms with Crippen LogP contribution in [0.15, 0.2) is 115 Å². The minimum absolute atomic E-state index is 0.0504. The number of halogens is 3. The molecule has 0 aromatic heterocycles. The summed E-state index contributed by atoms with van der Waals surface area (Å²) < 4.78 is 50.8. The number of benzene rings is 4. The van der Waals surface area contributed by atoms with Gasteiger partial charge in [-0.3, -0.25) is 4.79 Å². The molecule has 7 heteroatoms. The van der Waals surface area contributed by atoms with E-state index in [9.17, 15) is 22.8 Å². The second kappa shape index (κ2) is 11.7. The van der Waals surface area contributed by atoms with E-state index in [0.29, 0.717) is 16.7 Å². The molecule has 4 rings (SSSR count). The molecule has 0 radical (unpaired) electrons. The first-order valence-corrected chi connectivity index (χ1v) is 11.5. The van der Waals surface area contributed by atoms with Crippen molar-refractivity contribution in [1.82, 2.24) is 0 Å². The third-order valence-electron chi connectivity index (χ3n) is 5.70. The highest BCUT2D eigenvalue weighted by Gasteiger charge is 2.33. The number of rotatable bonds is 9. The van der Waals surface area contributed by atoms with Crippen molar-refractivity contribution in [1.29, 1.82) is 0 Å². The Morgan fingerprint density at radius 2 is 1.14 bits per heavy atom. The van der Waals surface area contributed by atoms with Gasteiger partial charge in [0.05, 0.1) is 12.2 Å². The number of carbonyl (C=O) groups is 2. The molecule has 4 aromatic carbocycles. The fourth-order valence-electron chi connectivity index (χ4n) is 3.80. The summed E-state index contributed by atoms with van der Waals surface area (Å²) >= 11 is 0. The van der Waals surface area contributed by atoms with Crippen molar-refractivity contribution in [3.8, 4) is 0 Å². The number of ketones is 1. The highest BCUT2D eigenvalue weighted by atomic mass is 19.4. The van der Waals surface area contributed by atoms with Gasteiger partial charge in [-0.1, -0.05) is 103 Å². The molecule has 2 atom stereocenters. The third kappa shape index (κ3) is 6.71.